The Morgan fingerprint density at radius 1 is 1.04 bits per heavy atom. The summed E-state index contributed by atoms with van der Waals surface area (Å²) in [5, 5.41) is 5.36. The van der Waals surface area contributed by atoms with E-state index >= 15 is 0 Å². The summed E-state index contributed by atoms with van der Waals surface area (Å²) in [6.07, 6.45) is 5.41. The van der Waals surface area contributed by atoms with Crippen molar-refractivity contribution < 1.29 is 9.47 Å². The molecular weight excluding hydrogens is 372 g/mol. The van der Waals surface area contributed by atoms with Gasteiger partial charge >= 0.3 is 0 Å². The van der Waals surface area contributed by atoms with Gasteiger partial charge in [-0.3, -0.25) is 4.98 Å². The fraction of sp³-hybridized carbons (Fsp3) is 0.0952. The van der Waals surface area contributed by atoms with E-state index in [1.807, 2.05) is 48.0 Å². The number of hydrogen-bond donors (Lipinski definition) is 1. The van der Waals surface area contributed by atoms with Crippen molar-refractivity contribution in [1.29, 1.82) is 0 Å². The first-order valence-electron chi connectivity index (χ1n) is 8.80. The van der Waals surface area contributed by atoms with Crippen LogP contribution >= 0.6 is 11.3 Å². The van der Waals surface area contributed by atoms with Gasteiger partial charge in [0.1, 0.15) is 0 Å². The second-order valence-corrected chi connectivity index (χ2v) is 7.16. The zero-order valence-corrected chi connectivity index (χ0v) is 15.6. The Bertz CT molecular complexity index is 1100. The Kier molecular flexibility index (Phi) is 4.34. The van der Waals surface area contributed by atoms with Gasteiger partial charge in [-0.1, -0.05) is 12.1 Å². The van der Waals surface area contributed by atoms with Gasteiger partial charge in [0.15, 0.2) is 11.5 Å². The summed E-state index contributed by atoms with van der Waals surface area (Å²) in [4.78, 5) is 14.5. The molecule has 0 spiro atoms. The molecule has 1 aliphatic rings. The molecule has 28 heavy (non-hydrogen) atoms. The van der Waals surface area contributed by atoms with Gasteiger partial charge in [0.05, 0.1) is 10.6 Å². The molecular formula is C21H16N4O2S. The minimum Gasteiger partial charge on any atom is -0.454 e. The predicted molar refractivity (Wildman–Crippen MR) is 108 cm³/mol. The van der Waals surface area contributed by atoms with Gasteiger partial charge in [0.25, 0.3) is 0 Å². The van der Waals surface area contributed by atoms with Crippen LogP contribution in [0.5, 0.6) is 11.5 Å². The largest absolute Gasteiger partial charge is 0.454 e. The lowest BCUT2D eigenvalue weighted by atomic mass is 10.1. The highest BCUT2D eigenvalue weighted by Crippen LogP contribution is 2.34. The third kappa shape index (κ3) is 3.27. The van der Waals surface area contributed by atoms with E-state index in [-0.39, 0.29) is 6.79 Å². The maximum atomic E-state index is 5.44. The minimum atomic E-state index is 0.274. The molecule has 0 amide bonds. The molecule has 0 fully saturated rings. The quantitative estimate of drug-likeness (QED) is 0.538. The van der Waals surface area contributed by atoms with Crippen LogP contribution in [-0.2, 0) is 6.54 Å². The molecule has 1 N–H and O–H groups in total. The second kappa shape index (κ2) is 7.28. The second-order valence-electron chi connectivity index (χ2n) is 6.21. The standard InChI is InChI=1S/C21H16N4O2S/c1-2-19(28-9-1)20-16(15-5-7-22-8-6-15)12-24-21(25-20)23-11-14-3-4-17-18(10-14)27-13-26-17/h1-10,12H,11,13H2,(H,23,24,25). The summed E-state index contributed by atoms with van der Waals surface area (Å²) >= 11 is 1.66. The Morgan fingerprint density at radius 2 is 1.93 bits per heavy atom. The van der Waals surface area contributed by atoms with Crippen LogP contribution in [0.25, 0.3) is 21.7 Å². The number of anilines is 1. The molecule has 138 valence electrons. The number of rotatable bonds is 5. The Labute approximate surface area is 165 Å². The smallest absolute Gasteiger partial charge is 0.231 e. The molecule has 0 aliphatic carbocycles. The fourth-order valence-corrected chi connectivity index (χ4v) is 3.77. The normalized spacial score (nSPS) is 12.1. The Morgan fingerprint density at radius 3 is 2.79 bits per heavy atom. The number of benzene rings is 1. The molecule has 4 heterocycles. The van der Waals surface area contributed by atoms with E-state index in [1.54, 1.807) is 23.7 Å². The van der Waals surface area contributed by atoms with Crippen molar-refractivity contribution in [2.45, 2.75) is 6.54 Å². The van der Waals surface area contributed by atoms with Crippen LogP contribution in [0.15, 0.2) is 66.4 Å². The van der Waals surface area contributed by atoms with Crippen LogP contribution in [0.2, 0.25) is 0 Å². The SMILES string of the molecule is c1csc(-c2nc(NCc3ccc4c(c3)OCO4)ncc2-c2ccncc2)c1. The third-order valence-corrected chi connectivity index (χ3v) is 5.30. The highest BCUT2D eigenvalue weighted by Gasteiger charge is 2.15. The highest BCUT2D eigenvalue weighted by atomic mass is 32.1. The van der Waals surface area contributed by atoms with Crippen molar-refractivity contribution in [2.24, 2.45) is 0 Å². The van der Waals surface area contributed by atoms with Gasteiger partial charge in [-0.2, -0.15) is 0 Å². The highest BCUT2D eigenvalue weighted by molar-refractivity contribution is 7.13. The van der Waals surface area contributed by atoms with Gasteiger partial charge in [-0.15, -0.1) is 11.3 Å². The number of ether oxygens (including phenoxy) is 2. The summed E-state index contributed by atoms with van der Waals surface area (Å²) in [5.41, 5.74) is 4.01. The van der Waals surface area contributed by atoms with E-state index in [9.17, 15) is 0 Å². The Balaban J connectivity index is 1.43. The predicted octanol–water partition coefficient (Wildman–Crippen LogP) is 4.61. The van der Waals surface area contributed by atoms with Crippen LogP contribution in [0, 0.1) is 0 Å². The molecule has 1 aliphatic heterocycles. The molecule has 4 aromatic rings. The van der Waals surface area contributed by atoms with E-state index in [1.165, 1.54) is 0 Å². The van der Waals surface area contributed by atoms with Gasteiger partial charge in [0, 0.05) is 30.7 Å². The van der Waals surface area contributed by atoms with Crippen LogP contribution in [0.1, 0.15) is 5.56 Å². The van der Waals surface area contributed by atoms with Crippen molar-refractivity contribution in [3.63, 3.8) is 0 Å². The topological polar surface area (TPSA) is 69.2 Å². The van der Waals surface area contributed by atoms with E-state index in [0.29, 0.717) is 12.5 Å². The van der Waals surface area contributed by atoms with Crippen LogP contribution in [0.3, 0.4) is 0 Å². The average Bonchev–Trinajstić information content (AvgIpc) is 3.44. The molecule has 7 heteroatoms. The lowest BCUT2D eigenvalue weighted by Crippen LogP contribution is -2.05. The number of hydrogen-bond acceptors (Lipinski definition) is 7. The lowest BCUT2D eigenvalue weighted by molar-refractivity contribution is 0.174. The van der Waals surface area contributed by atoms with Crippen molar-refractivity contribution >= 4 is 17.3 Å². The number of nitrogens with one attached hydrogen (secondary N) is 1. The van der Waals surface area contributed by atoms with Gasteiger partial charge in [0.2, 0.25) is 12.7 Å². The molecule has 0 saturated carbocycles. The van der Waals surface area contributed by atoms with Gasteiger partial charge in [-0.25, -0.2) is 9.97 Å². The van der Waals surface area contributed by atoms with Gasteiger partial charge < -0.3 is 14.8 Å². The molecule has 3 aromatic heterocycles. The van der Waals surface area contributed by atoms with E-state index in [2.05, 4.69) is 21.4 Å². The lowest BCUT2D eigenvalue weighted by Gasteiger charge is -2.11. The summed E-state index contributed by atoms with van der Waals surface area (Å²) in [6.45, 7) is 0.866. The molecule has 6 nitrogen and oxygen atoms in total. The first-order chi connectivity index (χ1) is 13.9. The summed E-state index contributed by atoms with van der Waals surface area (Å²) < 4.78 is 10.8. The molecule has 0 radical (unpaired) electrons. The fourth-order valence-electron chi connectivity index (χ4n) is 3.04. The maximum Gasteiger partial charge on any atom is 0.231 e. The zero-order chi connectivity index (χ0) is 18.8. The van der Waals surface area contributed by atoms with Crippen LogP contribution in [-0.4, -0.2) is 21.7 Å². The zero-order valence-electron chi connectivity index (χ0n) is 14.8. The molecule has 0 bridgehead atoms. The first kappa shape index (κ1) is 16.7. The Hall–Kier alpha value is -3.45. The molecule has 1 aromatic carbocycles. The molecule has 0 unspecified atom stereocenters. The van der Waals surface area contributed by atoms with Crippen molar-refractivity contribution in [3.8, 4) is 33.2 Å². The number of fused-ring (bicyclic) bond motifs is 1. The van der Waals surface area contributed by atoms with Gasteiger partial charge in [-0.05, 0) is 46.8 Å². The van der Waals surface area contributed by atoms with E-state index < -0.39 is 0 Å². The molecule has 0 saturated heterocycles. The first-order valence-corrected chi connectivity index (χ1v) is 9.68. The van der Waals surface area contributed by atoms with Crippen molar-refractivity contribution in [1.82, 2.24) is 15.0 Å². The minimum absolute atomic E-state index is 0.274. The summed E-state index contributed by atoms with van der Waals surface area (Å²) in [5.74, 6) is 2.13. The van der Waals surface area contributed by atoms with E-state index in [4.69, 9.17) is 14.5 Å². The molecule has 5 rings (SSSR count). The van der Waals surface area contributed by atoms with Crippen molar-refractivity contribution in [2.75, 3.05) is 12.1 Å². The van der Waals surface area contributed by atoms with E-state index in [0.717, 1.165) is 38.8 Å². The average molecular weight is 388 g/mol. The summed E-state index contributed by atoms with van der Waals surface area (Å²) in [7, 11) is 0. The van der Waals surface area contributed by atoms with Crippen molar-refractivity contribution in [3.05, 3.63) is 72.0 Å². The monoisotopic (exact) mass is 388 g/mol. The van der Waals surface area contributed by atoms with Crippen LogP contribution < -0.4 is 14.8 Å². The number of aromatic nitrogens is 3. The number of pyridine rings is 1. The number of nitrogens with zero attached hydrogens (tertiary/aromatic N) is 3. The van der Waals surface area contributed by atoms with Crippen LogP contribution in [0.4, 0.5) is 5.95 Å². The maximum absolute atomic E-state index is 5.44. The molecule has 0 atom stereocenters. The summed E-state index contributed by atoms with van der Waals surface area (Å²) in [6, 6.07) is 13.9. The number of thiophene rings is 1. The third-order valence-electron chi connectivity index (χ3n) is 4.42.